The Morgan fingerprint density at radius 2 is 2.64 bits per heavy atom. The summed E-state index contributed by atoms with van der Waals surface area (Å²) in [5.74, 6) is 1.31. The van der Waals surface area contributed by atoms with Crippen LogP contribution in [0.1, 0.15) is 31.5 Å². The zero-order valence-electron chi connectivity index (χ0n) is 8.52. The fraction of sp³-hybridized carbons (Fsp3) is 0.700. The third-order valence-corrected chi connectivity index (χ3v) is 4.02. The van der Waals surface area contributed by atoms with Crippen molar-refractivity contribution in [1.29, 1.82) is 0 Å². The van der Waals surface area contributed by atoms with E-state index < -0.39 is 0 Å². The van der Waals surface area contributed by atoms with Gasteiger partial charge < -0.3 is 10.3 Å². The van der Waals surface area contributed by atoms with Crippen molar-refractivity contribution < 1.29 is 0 Å². The maximum absolute atomic E-state index is 5.87. The number of aromatic nitrogens is 2. The molecule has 0 radical (unpaired) electrons. The van der Waals surface area contributed by atoms with Crippen molar-refractivity contribution in [3.8, 4) is 0 Å². The number of thioether (sulfide) groups is 1. The average molecular weight is 211 g/mol. The average Bonchev–Trinajstić information content (AvgIpc) is 2.75. The van der Waals surface area contributed by atoms with Gasteiger partial charge in [0.25, 0.3) is 0 Å². The molecular weight excluding hydrogens is 194 g/mol. The van der Waals surface area contributed by atoms with Crippen LogP contribution in [-0.2, 0) is 6.54 Å². The molecule has 1 unspecified atom stereocenters. The Morgan fingerprint density at radius 3 is 3.29 bits per heavy atom. The number of hydrogen-bond donors (Lipinski definition) is 1. The largest absolute Gasteiger partial charge is 0.332 e. The van der Waals surface area contributed by atoms with Crippen molar-refractivity contribution in [2.45, 2.75) is 37.6 Å². The molecule has 0 aliphatic carbocycles. The van der Waals surface area contributed by atoms with Crippen molar-refractivity contribution in [1.82, 2.24) is 9.55 Å². The molecule has 2 atom stereocenters. The molecule has 0 amide bonds. The lowest BCUT2D eigenvalue weighted by Crippen LogP contribution is -2.16. The minimum absolute atomic E-state index is 0.0869. The van der Waals surface area contributed by atoms with E-state index in [2.05, 4.69) is 21.3 Å². The molecule has 1 aliphatic rings. The van der Waals surface area contributed by atoms with Gasteiger partial charge in [0.15, 0.2) is 0 Å². The highest BCUT2D eigenvalue weighted by Crippen LogP contribution is 2.28. The normalized spacial score (nSPS) is 24.0. The fourth-order valence-corrected chi connectivity index (χ4v) is 3.14. The van der Waals surface area contributed by atoms with Crippen LogP contribution >= 0.6 is 11.8 Å². The summed E-state index contributed by atoms with van der Waals surface area (Å²) in [6.45, 7) is 3.08. The number of rotatable bonds is 3. The summed E-state index contributed by atoms with van der Waals surface area (Å²) in [5, 5.41) is 0.765. The third-order valence-electron chi connectivity index (χ3n) is 2.64. The van der Waals surface area contributed by atoms with Crippen LogP contribution in [0.4, 0.5) is 0 Å². The smallest absolute Gasteiger partial charge is 0.0949 e. The molecular formula is C10H17N3S. The van der Waals surface area contributed by atoms with Crippen LogP contribution < -0.4 is 5.73 Å². The van der Waals surface area contributed by atoms with E-state index in [-0.39, 0.29) is 6.04 Å². The van der Waals surface area contributed by atoms with Gasteiger partial charge in [-0.3, -0.25) is 0 Å². The molecule has 1 aromatic rings. The fourth-order valence-electron chi connectivity index (χ4n) is 1.87. The molecule has 78 valence electrons. The molecule has 2 heterocycles. The number of nitrogens with two attached hydrogens (primary N) is 1. The molecule has 0 spiro atoms. The van der Waals surface area contributed by atoms with E-state index in [1.54, 1.807) is 0 Å². The van der Waals surface area contributed by atoms with Crippen molar-refractivity contribution in [3.05, 3.63) is 18.2 Å². The molecule has 0 aromatic carbocycles. The lowest BCUT2D eigenvalue weighted by Gasteiger charge is -2.14. The van der Waals surface area contributed by atoms with Crippen molar-refractivity contribution in [3.63, 3.8) is 0 Å². The Bertz CT molecular complexity index is 289. The summed E-state index contributed by atoms with van der Waals surface area (Å²) in [5.41, 5.74) is 7.02. The van der Waals surface area contributed by atoms with Crippen molar-refractivity contribution >= 4 is 11.8 Å². The van der Waals surface area contributed by atoms with Crippen LogP contribution in [0.25, 0.3) is 0 Å². The van der Waals surface area contributed by atoms with Crippen molar-refractivity contribution in [2.24, 2.45) is 5.73 Å². The van der Waals surface area contributed by atoms with E-state index in [0.29, 0.717) is 0 Å². The van der Waals surface area contributed by atoms with Crippen LogP contribution in [-0.4, -0.2) is 20.6 Å². The highest BCUT2D eigenvalue weighted by Gasteiger charge is 2.17. The SMILES string of the molecule is C[C@H](N)c1cncn1CC1CCCS1. The predicted molar refractivity (Wildman–Crippen MR) is 60.3 cm³/mol. The van der Waals surface area contributed by atoms with E-state index in [0.717, 1.165) is 17.5 Å². The molecule has 2 N–H and O–H groups in total. The van der Waals surface area contributed by atoms with Gasteiger partial charge in [0.05, 0.1) is 12.0 Å². The Labute approximate surface area is 89.1 Å². The summed E-state index contributed by atoms with van der Waals surface area (Å²) >= 11 is 2.07. The van der Waals surface area contributed by atoms with Crippen molar-refractivity contribution in [2.75, 3.05) is 5.75 Å². The van der Waals surface area contributed by atoms with Gasteiger partial charge in [0, 0.05) is 24.0 Å². The zero-order valence-corrected chi connectivity index (χ0v) is 9.33. The second kappa shape index (κ2) is 4.36. The Hall–Kier alpha value is -0.480. The van der Waals surface area contributed by atoms with Crippen LogP contribution in [0.15, 0.2) is 12.5 Å². The standard InChI is InChI=1S/C10H17N3S/c1-8(11)10-5-12-7-13(10)6-9-3-2-4-14-9/h5,7-9H,2-4,6,11H2,1H3/t8-,9?/m0/s1. The van der Waals surface area contributed by atoms with Crippen LogP contribution in [0.2, 0.25) is 0 Å². The highest BCUT2D eigenvalue weighted by molar-refractivity contribution is 8.00. The highest BCUT2D eigenvalue weighted by atomic mass is 32.2. The summed E-state index contributed by atoms with van der Waals surface area (Å²) in [4.78, 5) is 4.16. The summed E-state index contributed by atoms with van der Waals surface area (Å²) < 4.78 is 2.20. The second-order valence-corrected chi connectivity index (χ2v) is 5.30. The van der Waals surface area contributed by atoms with Gasteiger partial charge in [0.1, 0.15) is 0 Å². The topological polar surface area (TPSA) is 43.8 Å². The van der Waals surface area contributed by atoms with Gasteiger partial charge in [-0.1, -0.05) is 0 Å². The van der Waals surface area contributed by atoms with E-state index in [1.165, 1.54) is 18.6 Å². The number of nitrogens with zero attached hydrogens (tertiary/aromatic N) is 2. The molecule has 1 aromatic heterocycles. The van der Waals surface area contributed by atoms with E-state index >= 15 is 0 Å². The second-order valence-electron chi connectivity index (χ2n) is 3.89. The van der Waals surface area contributed by atoms with Crippen LogP contribution in [0, 0.1) is 0 Å². The molecule has 4 heteroatoms. The summed E-state index contributed by atoms with van der Waals surface area (Å²) in [7, 11) is 0. The minimum Gasteiger partial charge on any atom is -0.332 e. The molecule has 1 fully saturated rings. The first kappa shape index (κ1) is 10.1. The van der Waals surface area contributed by atoms with Crippen LogP contribution in [0.5, 0.6) is 0 Å². The third kappa shape index (κ3) is 2.12. The molecule has 14 heavy (non-hydrogen) atoms. The first-order valence-corrected chi connectivity index (χ1v) is 6.19. The summed E-state index contributed by atoms with van der Waals surface area (Å²) in [6.07, 6.45) is 6.47. The quantitative estimate of drug-likeness (QED) is 0.829. The Morgan fingerprint density at radius 1 is 1.79 bits per heavy atom. The van der Waals surface area contributed by atoms with Gasteiger partial charge in [0.2, 0.25) is 0 Å². The Kier molecular flexibility index (Phi) is 3.13. The lowest BCUT2D eigenvalue weighted by atomic mass is 10.2. The molecule has 1 aliphatic heterocycles. The van der Waals surface area contributed by atoms with Gasteiger partial charge >= 0.3 is 0 Å². The molecule has 1 saturated heterocycles. The van der Waals surface area contributed by atoms with Gasteiger partial charge in [-0.15, -0.1) is 0 Å². The molecule has 3 nitrogen and oxygen atoms in total. The van der Waals surface area contributed by atoms with Gasteiger partial charge in [-0.25, -0.2) is 4.98 Å². The predicted octanol–water partition coefficient (Wildman–Crippen LogP) is 1.80. The minimum atomic E-state index is 0.0869. The first-order chi connectivity index (χ1) is 6.77. The monoisotopic (exact) mass is 211 g/mol. The molecule has 0 bridgehead atoms. The Balaban J connectivity index is 2.04. The molecule has 2 rings (SSSR count). The number of imidazole rings is 1. The van der Waals surface area contributed by atoms with Gasteiger partial charge in [-0.2, -0.15) is 11.8 Å². The molecule has 0 saturated carbocycles. The van der Waals surface area contributed by atoms with E-state index in [4.69, 9.17) is 5.73 Å². The van der Waals surface area contributed by atoms with Gasteiger partial charge in [-0.05, 0) is 25.5 Å². The van der Waals surface area contributed by atoms with Crippen LogP contribution in [0.3, 0.4) is 0 Å². The summed E-state index contributed by atoms with van der Waals surface area (Å²) in [6, 6.07) is 0.0869. The zero-order chi connectivity index (χ0) is 9.97. The van der Waals surface area contributed by atoms with E-state index in [1.807, 2.05) is 19.4 Å². The maximum atomic E-state index is 5.87. The lowest BCUT2D eigenvalue weighted by molar-refractivity contribution is 0.592. The van der Waals surface area contributed by atoms with E-state index in [9.17, 15) is 0 Å². The first-order valence-electron chi connectivity index (χ1n) is 5.14. The maximum Gasteiger partial charge on any atom is 0.0949 e. The number of hydrogen-bond acceptors (Lipinski definition) is 3.